The highest BCUT2D eigenvalue weighted by atomic mass is 16.3. The van der Waals surface area contributed by atoms with Crippen LogP contribution in [0.4, 0.5) is 0 Å². The first-order chi connectivity index (χ1) is 14.7. The minimum atomic E-state index is -0.483. The normalized spacial score (nSPS) is 46.5. The molecule has 5 rings (SSSR count). The van der Waals surface area contributed by atoms with Crippen LogP contribution in [0.5, 0.6) is 0 Å². The molecule has 1 aromatic rings. The van der Waals surface area contributed by atoms with Crippen LogP contribution in [0, 0.1) is 51.8 Å². The molecule has 168 valence electrons. The zero-order valence-electron chi connectivity index (χ0n) is 19.3. The molecule has 0 saturated heterocycles. The minimum Gasteiger partial charge on any atom is -0.390 e. The second-order valence-electron chi connectivity index (χ2n) is 12.0. The van der Waals surface area contributed by atoms with Gasteiger partial charge in [-0.3, -0.25) is 9.48 Å². The fourth-order valence-corrected chi connectivity index (χ4v) is 8.74. The van der Waals surface area contributed by atoms with E-state index < -0.39 is 5.60 Å². The van der Waals surface area contributed by atoms with Gasteiger partial charge in [-0.2, -0.15) is 10.4 Å². The van der Waals surface area contributed by atoms with Gasteiger partial charge in [-0.15, -0.1) is 0 Å². The number of fused-ring (bicyclic) bond motifs is 5. The lowest BCUT2D eigenvalue weighted by molar-refractivity contribution is -0.151. The summed E-state index contributed by atoms with van der Waals surface area (Å²) >= 11 is 0. The van der Waals surface area contributed by atoms with Crippen molar-refractivity contribution >= 4 is 5.78 Å². The Bertz CT molecular complexity index is 914. The quantitative estimate of drug-likeness (QED) is 0.762. The SMILES string of the molecule is C[C@]1(O)CC[C@]2(C)[C@@H](CC[C@@H]3[C@H]2CC[C@]2(C)[C@@H](C(=O)Cn4cc(C#N)cn4)CC[C@@H]32)C1. The molecule has 0 radical (unpaired) electrons. The highest BCUT2D eigenvalue weighted by Crippen LogP contribution is 2.68. The van der Waals surface area contributed by atoms with E-state index >= 15 is 0 Å². The van der Waals surface area contributed by atoms with Crippen LogP contribution in [0.3, 0.4) is 0 Å². The maximum atomic E-state index is 13.3. The first-order valence-electron chi connectivity index (χ1n) is 12.3. The summed E-state index contributed by atoms with van der Waals surface area (Å²) in [6.07, 6.45) is 13.3. The largest absolute Gasteiger partial charge is 0.390 e. The van der Waals surface area contributed by atoms with E-state index in [9.17, 15) is 9.90 Å². The molecular formula is C26H37N3O2. The lowest BCUT2D eigenvalue weighted by atomic mass is 9.44. The van der Waals surface area contributed by atoms with Crippen molar-refractivity contribution in [2.24, 2.45) is 40.4 Å². The molecule has 1 heterocycles. The van der Waals surface area contributed by atoms with Crippen molar-refractivity contribution in [3.8, 4) is 6.07 Å². The number of nitrogens with zero attached hydrogens (tertiary/aromatic N) is 3. The van der Waals surface area contributed by atoms with E-state index in [0.717, 1.165) is 43.9 Å². The minimum absolute atomic E-state index is 0.104. The Hall–Kier alpha value is -1.67. The van der Waals surface area contributed by atoms with E-state index in [1.54, 1.807) is 17.1 Å². The molecule has 0 spiro atoms. The van der Waals surface area contributed by atoms with Gasteiger partial charge in [0.2, 0.25) is 0 Å². The lowest BCUT2D eigenvalue weighted by Crippen LogP contribution is -2.55. The van der Waals surface area contributed by atoms with Gasteiger partial charge >= 0.3 is 0 Å². The molecule has 5 nitrogen and oxygen atoms in total. The molecule has 1 aromatic heterocycles. The number of aliphatic hydroxyl groups is 1. The summed E-state index contributed by atoms with van der Waals surface area (Å²) in [6, 6.07) is 2.10. The Balaban J connectivity index is 1.34. The molecule has 1 N–H and O–H groups in total. The van der Waals surface area contributed by atoms with Crippen molar-refractivity contribution in [1.82, 2.24) is 9.78 Å². The van der Waals surface area contributed by atoms with Crippen molar-refractivity contribution in [2.75, 3.05) is 0 Å². The van der Waals surface area contributed by atoms with Gasteiger partial charge in [-0.05, 0) is 99.2 Å². The van der Waals surface area contributed by atoms with E-state index in [1.807, 2.05) is 6.92 Å². The van der Waals surface area contributed by atoms with Crippen molar-refractivity contribution in [3.63, 3.8) is 0 Å². The fraction of sp³-hybridized carbons (Fsp3) is 0.808. The van der Waals surface area contributed by atoms with Crippen molar-refractivity contribution in [3.05, 3.63) is 18.0 Å². The van der Waals surface area contributed by atoms with Crippen molar-refractivity contribution < 1.29 is 9.90 Å². The van der Waals surface area contributed by atoms with Gasteiger partial charge in [0.05, 0.1) is 23.9 Å². The van der Waals surface area contributed by atoms with Gasteiger partial charge in [0.25, 0.3) is 0 Å². The summed E-state index contributed by atoms with van der Waals surface area (Å²) in [6.45, 7) is 7.24. The first kappa shape index (κ1) is 21.2. The molecule has 31 heavy (non-hydrogen) atoms. The number of carbonyl (C=O) groups excluding carboxylic acids is 1. The molecule has 0 amide bonds. The van der Waals surface area contributed by atoms with E-state index in [0.29, 0.717) is 28.6 Å². The van der Waals surface area contributed by atoms with Gasteiger partial charge in [-0.1, -0.05) is 13.8 Å². The van der Waals surface area contributed by atoms with Crippen molar-refractivity contribution in [1.29, 1.82) is 5.26 Å². The number of hydrogen-bond donors (Lipinski definition) is 1. The second-order valence-corrected chi connectivity index (χ2v) is 12.0. The van der Waals surface area contributed by atoms with E-state index in [2.05, 4.69) is 25.0 Å². The van der Waals surface area contributed by atoms with E-state index in [4.69, 9.17) is 5.26 Å². The zero-order chi connectivity index (χ0) is 22.0. The summed E-state index contributed by atoms with van der Waals surface area (Å²) in [5, 5.41) is 23.9. The maximum absolute atomic E-state index is 13.3. The number of hydrogen-bond acceptors (Lipinski definition) is 4. The average molecular weight is 424 g/mol. The molecular weight excluding hydrogens is 386 g/mol. The van der Waals surface area contributed by atoms with Crippen LogP contribution in [0.1, 0.15) is 84.1 Å². The highest BCUT2D eigenvalue weighted by Gasteiger charge is 2.61. The summed E-state index contributed by atoms with van der Waals surface area (Å²) in [5.74, 6) is 3.19. The number of Topliss-reactive ketones (excluding diaryl/α,β-unsaturated/α-hetero) is 1. The molecule has 4 saturated carbocycles. The van der Waals surface area contributed by atoms with Crippen LogP contribution in [0.15, 0.2) is 12.4 Å². The number of carbonyl (C=O) groups is 1. The van der Waals surface area contributed by atoms with Gasteiger partial charge < -0.3 is 5.11 Å². The fourth-order valence-electron chi connectivity index (χ4n) is 8.74. The van der Waals surface area contributed by atoms with Crippen LogP contribution in [0.25, 0.3) is 0 Å². The third kappa shape index (κ3) is 3.28. The standard InChI is InChI=1S/C26H37N3O2/c1-24(31)10-11-25(2)18(12-24)4-5-19-20-6-7-22(26(20,3)9-8-21(19)25)23(30)16-29-15-17(13-27)14-28-29/h14-15,18-22,31H,4-12,16H2,1-3H3/t18-,19-,20-,21+,22+,24-,25+,26-/m0/s1. The van der Waals surface area contributed by atoms with Crippen LogP contribution >= 0.6 is 0 Å². The molecule has 0 aliphatic heterocycles. The zero-order valence-corrected chi connectivity index (χ0v) is 19.3. The molecule has 4 aliphatic rings. The number of ketones is 1. The molecule has 0 aromatic carbocycles. The number of nitriles is 1. The van der Waals surface area contributed by atoms with E-state index in [-0.39, 0.29) is 17.9 Å². The Labute approximate surface area is 186 Å². The Morgan fingerprint density at radius 2 is 1.90 bits per heavy atom. The summed E-state index contributed by atoms with van der Waals surface area (Å²) in [7, 11) is 0. The molecule has 0 unspecified atom stereocenters. The molecule has 4 fully saturated rings. The summed E-state index contributed by atoms with van der Waals surface area (Å²) < 4.78 is 1.64. The first-order valence-corrected chi connectivity index (χ1v) is 12.3. The average Bonchev–Trinajstić information content (AvgIpc) is 3.31. The molecule has 4 aliphatic carbocycles. The van der Waals surface area contributed by atoms with Crippen LogP contribution in [-0.2, 0) is 11.3 Å². The molecule has 0 bridgehead atoms. The van der Waals surface area contributed by atoms with Gasteiger partial charge in [0.1, 0.15) is 6.07 Å². The third-order valence-corrected chi connectivity index (χ3v) is 10.4. The monoisotopic (exact) mass is 423 g/mol. The molecule has 5 heteroatoms. The van der Waals surface area contributed by atoms with Gasteiger partial charge in [0, 0.05) is 12.1 Å². The number of rotatable bonds is 3. The third-order valence-electron chi connectivity index (χ3n) is 10.4. The highest BCUT2D eigenvalue weighted by molar-refractivity contribution is 5.82. The summed E-state index contributed by atoms with van der Waals surface area (Å²) in [4.78, 5) is 13.3. The lowest BCUT2D eigenvalue weighted by Gasteiger charge is -2.61. The van der Waals surface area contributed by atoms with Gasteiger partial charge in [-0.25, -0.2) is 0 Å². The van der Waals surface area contributed by atoms with Crippen LogP contribution in [-0.4, -0.2) is 26.3 Å². The topological polar surface area (TPSA) is 78.9 Å². The Kier molecular flexibility index (Phi) is 4.90. The Morgan fingerprint density at radius 3 is 2.65 bits per heavy atom. The maximum Gasteiger partial charge on any atom is 0.157 e. The summed E-state index contributed by atoms with van der Waals surface area (Å²) in [5.41, 5.74) is 0.493. The predicted molar refractivity (Wildman–Crippen MR) is 118 cm³/mol. The smallest absolute Gasteiger partial charge is 0.157 e. The van der Waals surface area contributed by atoms with E-state index in [1.165, 1.54) is 25.7 Å². The molecule has 8 atom stereocenters. The van der Waals surface area contributed by atoms with Gasteiger partial charge in [0.15, 0.2) is 5.78 Å². The van der Waals surface area contributed by atoms with Crippen LogP contribution < -0.4 is 0 Å². The van der Waals surface area contributed by atoms with Crippen molar-refractivity contribution in [2.45, 2.75) is 90.7 Å². The second kappa shape index (κ2) is 7.17. The predicted octanol–water partition coefficient (Wildman–Crippen LogP) is 4.73. The Morgan fingerprint density at radius 1 is 1.13 bits per heavy atom. The number of aromatic nitrogens is 2. The van der Waals surface area contributed by atoms with Crippen LogP contribution in [0.2, 0.25) is 0 Å².